The molecule has 4 heteroatoms. The van der Waals surface area contributed by atoms with Crippen LogP contribution in [0.5, 0.6) is 0 Å². The highest BCUT2D eigenvalue weighted by Crippen LogP contribution is 2.28. The van der Waals surface area contributed by atoms with E-state index in [1.807, 2.05) is 11.0 Å². The van der Waals surface area contributed by atoms with Gasteiger partial charge in [-0.15, -0.1) is 0 Å². The lowest BCUT2D eigenvalue weighted by atomic mass is 10.0. The Morgan fingerprint density at radius 2 is 2.28 bits per heavy atom. The molecule has 0 radical (unpaired) electrons. The molecule has 0 saturated carbocycles. The van der Waals surface area contributed by atoms with Crippen molar-refractivity contribution in [3.63, 3.8) is 0 Å². The lowest BCUT2D eigenvalue weighted by Gasteiger charge is -2.21. The van der Waals surface area contributed by atoms with E-state index in [1.165, 1.54) is 5.56 Å². The molecule has 2 amide bonds. The number of urea groups is 1. The lowest BCUT2D eigenvalue weighted by Crippen LogP contribution is -2.30. The smallest absolute Gasteiger partial charge is 0.322 e. The Hall–Kier alpha value is -1.55. The second kappa shape index (κ2) is 5.40. The topological polar surface area (TPSA) is 58.4 Å². The van der Waals surface area contributed by atoms with Crippen LogP contribution in [0.3, 0.4) is 0 Å². The van der Waals surface area contributed by atoms with Gasteiger partial charge in [0, 0.05) is 12.6 Å². The minimum atomic E-state index is -0.00236. The van der Waals surface area contributed by atoms with Gasteiger partial charge in [0.2, 0.25) is 0 Å². The zero-order valence-corrected chi connectivity index (χ0v) is 11.1. The highest BCUT2D eigenvalue weighted by molar-refractivity contribution is 5.96. The second-order valence-corrected chi connectivity index (χ2v) is 4.77. The maximum atomic E-state index is 12.1. The quantitative estimate of drug-likeness (QED) is 0.852. The molecule has 3 N–H and O–H groups in total. The van der Waals surface area contributed by atoms with Crippen LogP contribution in [0, 0.1) is 6.92 Å². The minimum Gasteiger partial charge on any atom is -0.333 e. The number of aryl methyl sites for hydroxylation is 2. The SMILES string of the molecule is CCc1cccc(C)c1N1CC(CCN)NC1=O. The van der Waals surface area contributed by atoms with Crippen molar-refractivity contribution in [1.29, 1.82) is 0 Å². The summed E-state index contributed by atoms with van der Waals surface area (Å²) in [4.78, 5) is 13.9. The fraction of sp³-hybridized carbons (Fsp3) is 0.500. The van der Waals surface area contributed by atoms with Crippen LogP contribution in [0.2, 0.25) is 0 Å². The van der Waals surface area contributed by atoms with Crippen molar-refractivity contribution >= 4 is 11.7 Å². The van der Waals surface area contributed by atoms with Gasteiger partial charge >= 0.3 is 6.03 Å². The van der Waals surface area contributed by atoms with E-state index in [1.54, 1.807) is 0 Å². The highest BCUT2D eigenvalue weighted by atomic mass is 16.2. The Kier molecular flexibility index (Phi) is 3.87. The number of benzene rings is 1. The summed E-state index contributed by atoms with van der Waals surface area (Å²) in [6, 6.07) is 6.36. The molecule has 0 spiro atoms. The summed E-state index contributed by atoms with van der Waals surface area (Å²) in [5.41, 5.74) is 8.99. The third-order valence-corrected chi connectivity index (χ3v) is 3.46. The standard InChI is InChI=1S/C14H21N3O/c1-3-11-6-4-5-10(2)13(11)17-9-12(7-8-15)16-14(17)18/h4-6,12H,3,7-9,15H2,1-2H3,(H,16,18). The number of carbonyl (C=O) groups is 1. The van der Waals surface area contributed by atoms with Crippen molar-refractivity contribution in [3.8, 4) is 0 Å². The number of anilines is 1. The molecule has 0 bridgehead atoms. The van der Waals surface area contributed by atoms with Crippen LogP contribution in [-0.4, -0.2) is 25.2 Å². The summed E-state index contributed by atoms with van der Waals surface area (Å²) in [7, 11) is 0. The molecule has 1 heterocycles. The molecule has 1 aliphatic heterocycles. The van der Waals surface area contributed by atoms with Crippen molar-refractivity contribution in [1.82, 2.24) is 5.32 Å². The first-order valence-electron chi connectivity index (χ1n) is 6.54. The van der Waals surface area contributed by atoms with Gasteiger partial charge in [-0.1, -0.05) is 25.1 Å². The molecule has 0 aliphatic carbocycles. The third kappa shape index (κ3) is 2.34. The first kappa shape index (κ1) is 12.9. The van der Waals surface area contributed by atoms with E-state index in [-0.39, 0.29) is 12.1 Å². The Labute approximate surface area is 108 Å². The van der Waals surface area contributed by atoms with E-state index in [2.05, 4.69) is 31.3 Å². The van der Waals surface area contributed by atoms with Crippen LogP contribution in [-0.2, 0) is 6.42 Å². The van der Waals surface area contributed by atoms with Gasteiger partial charge in [-0.3, -0.25) is 4.90 Å². The average molecular weight is 247 g/mol. The zero-order chi connectivity index (χ0) is 13.1. The predicted octanol–water partition coefficient (Wildman–Crippen LogP) is 1.80. The monoisotopic (exact) mass is 247 g/mol. The van der Waals surface area contributed by atoms with E-state index in [0.29, 0.717) is 13.1 Å². The number of nitrogens with one attached hydrogen (secondary N) is 1. The number of amides is 2. The van der Waals surface area contributed by atoms with Crippen LogP contribution in [0.25, 0.3) is 0 Å². The second-order valence-electron chi connectivity index (χ2n) is 4.77. The molecule has 4 nitrogen and oxygen atoms in total. The molecule has 1 saturated heterocycles. The van der Waals surface area contributed by atoms with Gasteiger partial charge in [0.15, 0.2) is 0 Å². The maximum absolute atomic E-state index is 12.1. The molecule has 1 atom stereocenters. The van der Waals surface area contributed by atoms with Crippen LogP contribution in [0.4, 0.5) is 10.5 Å². The number of nitrogens with zero attached hydrogens (tertiary/aromatic N) is 1. The maximum Gasteiger partial charge on any atom is 0.322 e. The first-order chi connectivity index (χ1) is 8.67. The van der Waals surface area contributed by atoms with Crippen molar-refractivity contribution < 1.29 is 4.79 Å². The number of hydrogen-bond donors (Lipinski definition) is 2. The van der Waals surface area contributed by atoms with Crippen molar-refractivity contribution in [2.75, 3.05) is 18.0 Å². The molecule has 1 aromatic carbocycles. The summed E-state index contributed by atoms with van der Waals surface area (Å²) in [6.07, 6.45) is 1.76. The van der Waals surface area contributed by atoms with E-state index < -0.39 is 0 Å². The molecule has 18 heavy (non-hydrogen) atoms. The molecular formula is C14H21N3O. The Balaban J connectivity index is 2.29. The minimum absolute atomic E-state index is 0.00236. The molecule has 1 aliphatic rings. The lowest BCUT2D eigenvalue weighted by molar-refractivity contribution is 0.250. The third-order valence-electron chi connectivity index (χ3n) is 3.46. The van der Waals surface area contributed by atoms with Crippen LogP contribution < -0.4 is 16.0 Å². The Morgan fingerprint density at radius 1 is 1.50 bits per heavy atom. The molecular weight excluding hydrogens is 226 g/mol. The zero-order valence-electron chi connectivity index (χ0n) is 11.1. The van der Waals surface area contributed by atoms with Crippen molar-refractivity contribution in [2.24, 2.45) is 5.73 Å². The van der Waals surface area contributed by atoms with Gasteiger partial charge in [0.05, 0.1) is 5.69 Å². The fourth-order valence-electron chi connectivity index (χ4n) is 2.55. The largest absolute Gasteiger partial charge is 0.333 e. The van der Waals surface area contributed by atoms with E-state index in [0.717, 1.165) is 24.1 Å². The summed E-state index contributed by atoms with van der Waals surface area (Å²) in [5.74, 6) is 0. The van der Waals surface area contributed by atoms with Crippen LogP contribution >= 0.6 is 0 Å². The summed E-state index contributed by atoms with van der Waals surface area (Å²) < 4.78 is 0. The predicted molar refractivity (Wildman–Crippen MR) is 73.9 cm³/mol. The Morgan fingerprint density at radius 3 is 2.94 bits per heavy atom. The summed E-state index contributed by atoms with van der Waals surface area (Å²) in [6.45, 7) is 5.49. The van der Waals surface area contributed by atoms with Crippen LogP contribution in [0.1, 0.15) is 24.5 Å². The number of hydrogen-bond acceptors (Lipinski definition) is 2. The highest BCUT2D eigenvalue weighted by Gasteiger charge is 2.30. The fourth-order valence-corrected chi connectivity index (χ4v) is 2.55. The van der Waals surface area contributed by atoms with E-state index in [4.69, 9.17) is 5.73 Å². The van der Waals surface area contributed by atoms with Gasteiger partial charge < -0.3 is 11.1 Å². The molecule has 1 unspecified atom stereocenters. The number of rotatable bonds is 4. The summed E-state index contributed by atoms with van der Waals surface area (Å²) in [5, 5.41) is 2.99. The number of para-hydroxylation sites is 1. The number of carbonyl (C=O) groups excluding carboxylic acids is 1. The van der Waals surface area contributed by atoms with E-state index >= 15 is 0 Å². The van der Waals surface area contributed by atoms with Crippen molar-refractivity contribution in [3.05, 3.63) is 29.3 Å². The Bertz CT molecular complexity index is 445. The number of nitrogens with two attached hydrogens (primary N) is 1. The van der Waals surface area contributed by atoms with Gasteiger partial charge in [-0.05, 0) is 37.4 Å². The molecule has 2 rings (SSSR count). The molecule has 0 aromatic heterocycles. The van der Waals surface area contributed by atoms with Crippen LogP contribution in [0.15, 0.2) is 18.2 Å². The molecule has 1 aromatic rings. The van der Waals surface area contributed by atoms with Gasteiger partial charge in [-0.2, -0.15) is 0 Å². The van der Waals surface area contributed by atoms with Gasteiger partial charge in [0.25, 0.3) is 0 Å². The summed E-state index contributed by atoms with van der Waals surface area (Å²) >= 11 is 0. The van der Waals surface area contributed by atoms with E-state index in [9.17, 15) is 4.79 Å². The molecule has 1 fully saturated rings. The molecule has 98 valence electrons. The van der Waals surface area contributed by atoms with Gasteiger partial charge in [-0.25, -0.2) is 4.79 Å². The first-order valence-corrected chi connectivity index (χ1v) is 6.54. The average Bonchev–Trinajstić information content (AvgIpc) is 2.70. The normalized spacial score (nSPS) is 19.2. The van der Waals surface area contributed by atoms with Crippen molar-refractivity contribution in [2.45, 2.75) is 32.7 Å². The van der Waals surface area contributed by atoms with Gasteiger partial charge in [0.1, 0.15) is 0 Å².